The molecule has 5 nitrogen and oxygen atoms in total. The van der Waals surface area contributed by atoms with Gasteiger partial charge < -0.3 is 19.1 Å². The fraction of sp³-hybridized carbons (Fsp3) is 0.720. The van der Waals surface area contributed by atoms with E-state index in [4.69, 9.17) is 14.2 Å². The normalized spacial score (nSPS) is 44.5. The van der Waals surface area contributed by atoms with Crippen LogP contribution < -0.4 is 9.47 Å². The van der Waals surface area contributed by atoms with Crippen molar-refractivity contribution in [2.24, 2.45) is 17.3 Å². The standard InChI is InChI=1S/C25H31NO4/c1-14-13-23-8-9-25(14,29-3)22-24(23)10-11-26(21(27)15-4-5-15)18(23)12-16-6-7-17(28-2)20(30-22)19(16)24/h6-7,14-15,18,22H,4-5,8-13H2,1-3H3/t14-,18-,22-,23-,24+,25-/m1/s1. The van der Waals surface area contributed by atoms with E-state index in [9.17, 15) is 4.79 Å². The molecule has 30 heavy (non-hydrogen) atoms. The van der Waals surface area contributed by atoms with Crippen molar-refractivity contribution >= 4 is 5.91 Å². The highest BCUT2D eigenvalue weighted by Gasteiger charge is 2.80. The number of piperidine rings is 1. The van der Waals surface area contributed by atoms with Gasteiger partial charge in [-0.3, -0.25) is 4.79 Å². The van der Waals surface area contributed by atoms with Crippen molar-refractivity contribution in [3.63, 3.8) is 0 Å². The molecular weight excluding hydrogens is 378 g/mol. The highest BCUT2D eigenvalue weighted by molar-refractivity contribution is 5.82. The molecule has 1 saturated heterocycles. The molecule has 8 rings (SSSR count). The molecule has 0 radical (unpaired) electrons. The lowest BCUT2D eigenvalue weighted by Crippen LogP contribution is -2.81. The maximum Gasteiger partial charge on any atom is 0.225 e. The van der Waals surface area contributed by atoms with E-state index in [2.05, 4.69) is 24.0 Å². The number of carbonyl (C=O) groups excluding carboxylic acids is 1. The maximum absolute atomic E-state index is 13.4. The van der Waals surface area contributed by atoms with E-state index in [0.29, 0.717) is 11.8 Å². The van der Waals surface area contributed by atoms with Gasteiger partial charge >= 0.3 is 0 Å². The summed E-state index contributed by atoms with van der Waals surface area (Å²) in [6.07, 6.45) is 7.37. The van der Waals surface area contributed by atoms with Crippen molar-refractivity contribution in [3.05, 3.63) is 23.3 Å². The van der Waals surface area contributed by atoms with Crippen LogP contribution in [0.4, 0.5) is 0 Å². The quantitative estimate of drug-likeness (QED) is 0.767. The zero-order chi connectivity index (χ0) is 20.5. The van der Waals surface area contributed by atoms with E-state index in [0.717, 1.165) is 63.0 Å². The number of amides is 1. The number of likely N-dealkylation sites (tertiary alicyclic amines) is 1. The minimum absolute atomic E-state index is 0.0125. The van der Waals surface area contributed by atoms with Crippen LogP contribution in [0.15, 0.2) is 12.1 Å². The fourth-order valence-electron chi connectivity index (χ4n) is 8.81. The van der Waals surface area contributed by atoms with Gasteiger partial charge in [-0.2, -0.15) is 0 Å². The summed E-state index contributed by atoms with van der Waals surface area (Å²) in [5, 5.41) is 0. The molecule has 0 aromatic heterocycles. The van der Waals surface area contributed by atoms with Crippen LogP contribution in [0.2, 0.25) is 0 Å². The second kappa shape index (κ2) is 5.35. The average molecular weight is 410 g/mol. The largest absolute Gasteiger partial charge is 0.493 e. The number of hydrogen-bond donors (Lipinski definition) is 0. The number of nitrogens with zero attached hydrogens (tertiary/aromatic N) is 1. The molecule has 1 aromatic carbocycles. The van der Waals surface area contributed by atoms with E-state index in [1.165, 1.54) is 11.1 Å². The van der Waals surface area contributed by atoms with Crippen molar-refractivity contribution in [2.45, 2.75) is 75.0 Å². The van der Waals surface area contributed by atoms with Crippen molar-refractivity contribution in [2.75, 3.05) is 20.8 Å². The van der Waals surface area contributed by atoms with E-state index < -0.39 is 0 Å². The predicted molar refractivity (Wildman–Crippen MR) is 111 cm³/mol. The van der Waals surface area contributed by atoms with Gasteiger partial charge in [0.1, 0.15) is 11.7 Å². The van der Waals surface area contributed by atoms with Crippen molar-refractivity contribution < 1.29 is 19.0 Å². The molecule has 6 atom stereocenters. The summed E-state index contributed by atoms with van der Waals surface area (Å²) < 4.78 is 19.0. The summed E-state index contributed by atoms with van der Waals surface area (Å²) in [7, 11) is 3.62. The lowest BCUT2D eigenvalue weighted by atomic mass is 9.35. The number of carbonyl (C=O) groups is 1. The van der Waals surface area contributed by atoms with Gasteiger partial charge in [0.25, 0.3) is 0 Å². The molecule has 5 fully saturated rings. The Balaban J connectivity index is 1.50. The van der Waals surface area contributed by atoms with Gasteiger partial charge in [0, 0.05) is 42.0 Å². The number of hydrogen-bond acceptors (Lipinski definition) is 4. The molecule has 5 heteroatoms. The van der Waals surface area contributed by atoms with E-state index >= 15 is 0 Å². The Morgan fingerprint density at radius 3 is 2.73 bits per heavy atom. The van der Waals surface area contributed by atoms with Gasteiger partial charge in [-0.05, 0) is 62.5 Å². The predicted octanol–water partition coefficient (Wildman–Crippen LogP) is 3.47. The van der Waals surface area contributed by atoms with Crippen LogP contribution in [0.25, 0.3) is 0 Å². The van der Waals surface area contributed by atoms with Crippen molar-refractivity contribution in [3.8, 4) is 11.5 Å². The molecule has 1 amide bonds. The topological polar surface area (TPSA) is 48.0 Å². The SMILES string of the molecule is COc1ccc2c3c1O[C@H]1[C@@]4(OC)CC[C@@]5(C[C@H]4C)[C@@H](C2)N(C(=O)C2CC2)CC[C@]315. The van der Waals surface area contributed by atoms with E-state index in [1.807, 2.05) is 7.11 Å². The molecule has 1 aromatic rings. The number of methoxy groups -OCH3 is 2. The van der Waals surface area contributed by atoms with E-state index in [-0.39, 0.29) is 34.5 Å². The van der Waals surface area contributed by atoms with E-state index in [1.54, 1.807) is 7.11 Å². The van der Waals surface area contributed by atoms with Crippen molar-refractivity contribution in [1.82, 2.24) is 4.90 Å². The smallest absolute Gasteiger partial charge is 0.225 e. The summed E-state index contributed by atoms with van der Waals surface area (Å²) in [6, 6.07) is 4.59. The summed E-state index contributed by atoms with van der Waals surface area (Å²) in [4.78, 5) is 15.7. The van der Waals surface area contributed by atoms with Gasteiger partial charge in [-0.1, -0.05) is 13.0 Å². The fourth-order valence-corrected chi connectivity index (χ4v) is 8.81. The first-order valence-electron chi connectivity index (χ1n) is 11.7. The Hall–Kier alpha value is -1.75. The average Bonchev–Trinajstić information content (AvgIpc) is 3.53. The highest BCUT2D eigenvalue weighted by Crippen LogP contribution is 2.76. The first kappa shape index (κ1) is 17.9. The number of fused-ring (bicyclic) bond motifs is 2. The Kier molecular flexibility index (Phi) is 3.19. The summed E-state index contributed by atoms with van der Waals surface area (Å²) in [6.45, 7) is 3.20. The van der Waals surface area contributed by atoms with Gasteiger partial charge in [-0.15, -0.1) is 0 Å². The Bertz CT molecular complexity index is 972. The van der Waals surface area contributed by atoms with Crippen LogP contribution in [0.5, 0.6) is 11.5 Å². The van der Waals surface area contributed by atoms with Gasteiger partial charge in [0.15, 0.2) is 11.5 Å². The number of rotatable bonds is 3. The van der Waals surface area contributed by atoms with Crippen LogP contribution in [0.1, 0.15) is 56.6 Å². The second-order valence-electron chi connectivity index (χ2n) is 10.8. The summed E-state index contributed by atoms with van der Waals surface area (Å²) in [5.74, 6) is 2.91. The molecule has 2 heterocycles. The number of benzene rings is 1. The summed E-state index contributed by atoms with van der Waals surface area (Å²) in [5.41, 5.74) is 2.53. The zero-order valence-electron chi connectivity index (χ0n) is 18.2. The zero-order valence-corrected chi connectivity index (χ0v) is 18.2. The second-order valence-corrected chi connectivity index (χ2v) is 10.8. The first-order chi connectivity index (χ1) is 14.5. The van der Waals surface area contributed by atoms with Gasteiger partial charge in [-0.25, -0.2) is 0 Å². The minimum Gasteiger partial charge on any atom is -0.493 e. The van der Waals surface area contributed by atoms with Gasteiger partial charge in [0.2, 0.25) is 5.91 Å². The Morgan fingerprint density at radius 1 is 1.20 bits per heavy atom. The third kappa shape index (κ3) is 1.67. The summed E-state index contributed by atoms with van der Waals surface area (Å²) >= 11 is 0. The first-order valence-corrected chi connectivity index (χ1v) is 11.7. The molecular formula is C25H31NO4. The van der Waals surface area contributed by atoms with Crippen LogP contribution in [0, 0.1) is 17.3 Å². The minimum atomic E-state index is -0.256. The Morgan fingerprint density at radius 2 is 2.03 bits per heavy atom. The van der Waals surface area contributed by atoms with Crippen LogP contribution in [-0.4, -0.2) is 49.3 Å². The molecule has 4 saturated carbocycles. The van der Waals surface area contributed by atoms with Crippen LogP contribution in [0.3, 0.4) is 0 Å². The monoisotopic (exact) mass is 409 g/mol. The lowest BCUT2D eigenvalue weighted by molar-refractivity contribution is -0.272. The third-order valence-electron chi connectivity index (χ3n) is 10.1. The highest BCUT2D eigenvalue weighted by atomic mass is 16.6. The Labute approximate surface area is 178 Å². The molecule has 2 aliphatic heterocycles. The molecule has 0 N–H and O–H groups in total. The van der Waals surface area contributed by atoms with Crippen LogP contribution >= 0.6 is 0 Å². The maximum atomic E-state index is 13.4. The molecule has 160 valence electrons. The van der Waals surface area contributed by atoms with Crippen LogP contribution in [-0.2, 0) is 21.4 Å². The molecule has 0 unspecified atom stereocenters. The molecule has 2 spiro atoms. The molecule has 4 bridgehead atoms. The molecule has 5 aliphatic carbocycles. The lowest BCUT2D eigenvalue weighted by Gasteiger charge is -2.73. The molecule has 7 aliphatic rings. The van der Waals surface area contributed by atoms with Crippen molar-refractivity contribution in [1.29, 1.82) is 0 Å². The third-order valence-corrected chi connectivity index (χ3v) is 10.1. The van der Waals surface area contributed by atoms with Gasteiger partial charge in [0.05, 0.1) is 7.11 Å². The number of ether oxygens (including phenoxy) is 3.